The molecule has 3 heteroatoms. The van der Waals surface area contributed by atoms with Gasteiger partial charge in [0.2, 0.25) is 5.91 Å². The molecule has 0 radical (unpaired) electrons. The van der Waals surface area contributed by atoms with E-state index in [0.29, 0.717) is 16.7 Å². The zero-order chi connectivity index (χ0) is 12.1. The lowest BCUT2D eigenvalue weighted by molar-refractivity contribution is -0.122. The van der Waals surface area contributed by atoms with Gasteiger partial charge < -0.3 is 5.32 Å². The van der Waals surface area contributed by atoms with Crippen LogP contribution in [0.2, 0.25) is 0 Å². The van der Waals surface area contributed by atoms with E-state index in [9.17, 15) is 4.79 Å². The second-order valence-electron chi connectivity index (χ2n) is 5.72. The Bertz CT molecular complexity index is 251. The SMILES string of the molecule is O=C(CC1CCCC1)NCC1CCCCC1Br. The number of amides is 1. The Hall–Kier alpha value is -0.0500. The largest absolute Gasteiger partial charge is 0.356 e. The standard InChI is InChI=1S/C14H24BrNO/c15-13-8-4-3-7-12(13)10-16-14(17)9-11-5-1-2-6-11/h11-13H,1-10H2,(H,16,17). The summed E-state index contributed by atoms with van der Waals surface area (Å²) in [6, 6.07) is 0. The number of alkyl halides is 1. The summed E-state index contributed by atoms with van der Waals surface area (Å²) in [6.45, 7) is 0.876. The highest BCUT2D eigenvalue weighted by Crippen LogP contribution is 2.30. The highest BCUT2D eigenvalue weighted by atomic mass is 79.9. The summed E-state index contributed by atoms with van der Waals surface area (Å²) in [6.07, 6.45) is 11.1. The zero-order valence-corrected chi connectivity index (χ0v) is 12.2. The molecule has 2 saturated carbocycles. The molecule has 17 heavy (non-hydrogen) atoms. The molecule has 0 heterocycles. The average molecular weight is 302 g/mol. The summed E-state index contributed by atoms with van der Waals surface area (Å²) in [7, 11) is 0. The third-order valence-corrected chi connectivity index (χ3v) is 5.53. The Morgan fingerprint density at radius 2 is 1.71 bits per heavy atom. The lowest BCUT2D eigenvalue weighted by Crippen LogP contribution is -2.35. The molecular weight excluding hydrogens is 278 g/mol. The van der Waals surface area contributed by atoms with E-state index in [1.165, 1.54) is 51.4 Å². The molecule has 2 fully saturated rings. The van der Waals surface area contributed by atoms with Gasteiger partial charge in [-0.1, -0.05) is 41.6 Å². The van der Waals surface area contributed by atoms with Crippen molar-refractivity contribution in [3.63, 3.8) is 0 Å². The fraction of sp³-hybridized carbons (Fsp3) is 0.929. The third-order valence-electron chi connectivity index (χ3n) is 4.33. The topological polar surface area (TPSA) is 29.1 Å². The number of nitrogens with one attached hydrogen (secondary N) is 1. The van der Waals surface area contributed by atoms with Crippen LogP contribution in [0.15, 0.2) is 0 Å². The number of rotatable bonds is 4. The van der Waals surface area contributed by atoms with Crippen molar-refractivity contribution in [3.05, 3.63) is 0 Å². The van der Waals surface area contributed by atoms with Crippen molar-refractivity contribution in [1.82, 2.24) is 5.32 Å². The van der Waals surface area contributed by atoms with Crippen molar-refractivity contribution in [1.29, 1.82) is 0 Å². The van der Waals surface area contributed by atoms with Crippen LogP contribution in [0.3, 0.4) is 0 Å². The molecule has 0 aromatic rings. The number of carbonyl (C=O) groups is 1. The fourth-order valence-electron chi connectivity index (χ4n) is 3.19. The molecule has 0 aliphatic heterocycles. The number of halogens is 1. The molecule has 1 amide bonds. The molecule has 2 atom stereocenters. The lowest BCUT2D eigenvalue weighted by atomic mass is 9.89. The average Bonchev–Trinajstić information content (AvgIpc) is 2.81. The molecule has 2 rings (SSSR count). The summed E-state index contributed by atoms with van der Waals surface area (Å²) in [5.41, 5.74) is 0. The minimum absolute atomic E-state index is 0.280. The minimum Gasteiger partial charge on any atom is -0.356 e. The summed E-state index contributed by atoms with van der Waals surface area (Å²) in [4.78, 5) is 12.4. The van der Waals surface area contributed by atoms with Crippen LogP contribution in [0.4, 0.5) is 0 Å². The minimum atomic E-state index is 0.280. The van der Waals surface area contributed by atoms with Crippen molar-refractivity contribution in [3.8, 4) is 0 Å². The van der Waals surface area contributed by atoms with Crippen LogP contribution in [-0.4, -0.2) is 17.3 Å². The molecule has 2 aliphatic rings. The number of hydrogen-bond donors (Lipinski definition) is 1. The maximum Gasteiger partial charge on any atom is 0.220 e. The van der Waals surface area contributed by atoms with Gasteiger partial charge in [-0.15, -0.1) is 0 Å². The summed E-state index contributed by atoms with van der Waals surface area (Å²) < 4.78 is 0. The van der Waals surface area contributed by atoms with E-state index in [1.54, 1.807) is 0 Å². The van der Waals surface area contributed by atoms with Crippen LogP contribution >= 0.6 is 15.9 Å². The van der Waals surface area contributed by atoms with Crippen molar-refractivity contribution >= 4 is 21.8 Å². The molecule has 0 bridgehead atoms. The first-order valence-corrected chi connectivity index (χ1v) is 8.08. The molecule has 0 spiro atoms. The van der Waals surface area contributed by atoms with Crippen LogP contribution in [-0.2, 0) is 4.79 Å². The van der Waals surface area contributed by atoms with Crippen molar-refractivity contribution in [2.75, 3.05) is 6.54 Å². The predicted octanol–water partition coefficient (Wildman–Crippen LogP) is 3.64. The van der Waals surface area contributed by atoms with Crippen molar-refractivity contribution < 1.29 is 4.79 Å². The van der Waals surface area contributed by atoms with Gasteiger partial charge in [-0.25, -0.2) is 0 Å². The van der Waals surface area contributed by atoms with E-state index in [2.05, 4.69) is 21.2 Å². The van der Waals surface area contributed by atoms with Gasteiger partial charge in [-0.2, -0.15) is 0 Å². The predicted molar refractivity (Wildman–Crippen MR) is 74.3 cm³/mol. The molecular formula is C14H24BrNO. The molecule has 2 aliphatic carbocycles. The van der Waals surface area contributed by atoms with Crippen molar-refractivity contribution in [2.24, 2.45) is 11.8 Å². The first-order chi connectivity index (χ1) is 8.25. The van der Waals surface area contributed by atoms with Gasteiger partial charge in [0.05, 0.1) is 0 Å². The third kappa shape index (κ3) is 4.27. The fourth-order valence-corrected chi connectivity index (χ4v) is 3.96. The first-order valence-electron chi connectivity index (χ1n) is 7.16. The lowest BCUT2D eigenvalue weighted by Gasteiger charge is -2.27. The molecule has 0 aromatic heterocycles. The van der Waals surface area contributed by atoms with Gasteiger partial charge in [0.25, 0.3) is 0 Å². The Balaban J connectivity index is 1.64. The van der Waals surface area contributed by atoms with Crippen LogP contribution in [0.1, 0.15) is 57.8 Å². The smallest absolute Gasteiger partial charge is 0.220 e. The van der Waals surface area contributed by atoms with Crippen molar-refractivity contribution in [2.45, 2.75) is 62.6 Å². The van der Waals surface area contributed by atoms with Gasteiger partial charge in [-0.05, 0) is 37.5 Å². The normalized spacial score (nSPS) is 30.4. The van der Waals surface area contributed by atoms with Gasteiger partial charge in [0.15, 0.2) is 0 Å². The van der Waals surface area contributed by atoms with Crippen LogP contribution in [0.5, 0.6) is 0 Å². The highest BCUT2D eigenvalue weighted by molar-refractivity contribution is 9.09. The molecule has 0 saturated heterocycles. The van der Waals surface area contributed by atoms with E-state index < -0.39 is 0 Å². The van der Waals surface area contributed by atoms with Gasteiger partial charge in [0, 0.05) is 17.8 Å². The van der Waals surface area contributed by atoms with Gasteiger partial charge in [0.1, 0.15) is 0 Å². The molecule has 2 nitrogen and oxygen atoms in total. The highest BCUT2D eigenvalue weighted by Gasteiger charge is 2.24. The Morgan fingerprint density at radius 3 is 2.41 bits per heavy atom. The second kappa shape index (κ2) is 6.77. The summed E-state index contributed by atoms with van der Waals surface area (Å²) in [5, 5.41) is 3.14. The van der Waals surface area contributed by atoms with E-state index in [0.717, 1.165) is 13.0 Å². The monoisotopic (exact) mass is 301 g/mol. The Kier molecular flexibility index (Phi) is 5.33. The zero-order valence-electron chi connectivity index (χ0n) is 10.6. The molecule has 2 unspecified atom stereocenters. The number of carbonyl (C=O) groups excluding carboxylic acids is 1. The quantitative estimate of drug-likeness (QED) is 0.789. The van der Waals surface area contributed by atoms with E-state index in [-0.39, 0.29) is 5.91 Å². The summed E-state index contributed by atoms with van der Waals surface area (Å²) >= 11 is 3.74. The summed E-state index contributed by atoms with van der Waals surface area (Å²) in [5.74, 6) is 1.60. The maximum atomic E-state index is 11.8. The van der Waals surface area contributed by atoms with Crippen LogP contribution in [0, 0.1) is 11.8 Å². The van der Waals surface area contributed by atoms with E-state index in [1.807, 2.05) is 0 Å². The van der Waals surface area contributed by atoms with E-state index >= 15 is 0 Å². The number of hydrogen-bond acceptors (Lipinski definition) is 1. The Morgan fingerprint density at radius 1 is 1.06 bits per heavy atom. The van der Waals surface area contributed by atoms with Crippen LogP contribution in [0.25, 0.3) is 0 Å². The van der Waals surface area contributed by atoms with E-state index in [4.69, 9.17) is 0 Å². The molecule has 98 valence electrons. The van der Waals surface area contributed by atoms with Gasteiger partial charge >= 0.3 is 0 Å². The van der Waals surface area contributed by atoms with Crippen LogP contribution < -0.4 is 5.32 Å². The Labute approximate surface area is 113 Å². The molecule has 1 N–H and O–H groups in total. The molecule has 0 aromatic carbocycles. The van der Waals surface area contributed by atoms with Gasteiger partial charge in [-0.3, -0.25) is 4.79 Å². The second-order valence-corrected chi connectivity index (χ2v) is 6.90. The first kappa shape index (κ1) is 13.4. The maximum absolute atomic E-state index is 11.8.